The van der Waals surface area contributed by atoms with E-state index in [1.54, 1.807) is 40.7 Å². The third-order valence-corrected chi connectivity index (χ3v) is 5.53. The number of hydroxylamine groups is 1. The summed E-state index contributed by atoms with van der Waals surface area (Å²) in [5, 5.41) is 15.5. The number of benzene rings is 2. The van der Waals surface area contributed by atoms with E-state index in [1.807, 2.05) is 30.3 Å². The summed E-state index contributed by atoms with van der Waals surface area (Å²) in [6, 6.07) is 15.1. The molecule has 38 heavy (non-hydrogen) atoms. The zero-order chi connectivity index (χ0) is 28.0. The van der Waals surface area contributed by atoms with Gasteiger partial charge in [0.15, 0.2) is 0 Å². The van der Waals surface area contributed by atoms with E-state index >= 15 is 0 Å². The number of esters is 2. The summed E-state index contributed by atoms with van der Waals surface area (Å²) in [7, 11) is 0. The van der Waals surface area contributed by atoms with Crippen LogP contribution in [0.4, 0.5) is 16.2 Å². The number of ether oxygens (including phenoxy) is 2. The topological polar surface area (TPSA) is 140 Å². The molecule has 1 saturated heterocycles. The molecule has 1 fully saturated rings. The van der Waals surface area contributed by atoms with Crippen molar-refractivity contribution in [1.82, 2.24) is 5.32 Å². The van der Waals surface area contributed by atoms with E-state index in [9.17, 15) is 24.5 Å². The molecule has 0 radical (unpaired) electrons. The Bertz CT molecular complexity index is 1300. The number of carbonyl (C=O) groups is 3. The van der Waals surface area contributed by atoms with Crippen LogP contribution in [0.2, 0.25) is 0 Å². The van der Waals surface area contributed by atoms with E-state index in [0.29, 0.717) is 17.0 Å². The van der Waals surface area contributed by atoms with Crippen LogP contribution in [0.3, 0.4) is 0 Å². The lowest BCUT2D eigenvalue weighted by atomic mass is 9.80. The summed E-state index contributed by atoms with van der Waals surface area (Å²) >= 11 is 0. The van der Waals surface area contributed by atoms with E-state index in [-0.39, 0.29) is 35.6 Å². The Balaban J connectivity index is 0.000000329. The number of nitrogens with one attached hydrogen (secondary N) is 1. The van der Waals surface area contributed by atoms with Crippen LogP contribution in [0.25, 0.3) is 0 Å². The number of dihydropyridines is 1. The van der Waals surface area contributed by atoms with Gasteiger partial charge in [-0.1, -0.05) is 35.4 Å². The first kappa shape index (κ1) is 27.9. The molecule has 11 heteroatoms. The Kier molecular flexibility index (Phi) is 8.85. The van der Waals surface area contributed by atoms with Crippen LogP contribution in [0.15, 0.2) is 77.1 Å². The number of nitro benzene ring substituents is 1. The van der Waals surface area contributed by atoms with Crippen LogP contribution in [0.1, 0.15) is 46.1 Å². The molecule has 0 spiro atoms. The lowest BCUT2D eigenvalue weighted by molar-refractivity contribution is -0.384. The molecule has 11 nitrogen and oxygen atoms in total. The zero-order valence-corrected chi connectivity index (χ0v) is 21.7. The standard InChI is InChI=1S/C20H24N2O6.C7H5NO2/c1-6-27-19(23)16-12(4)21-13(5)17(20(24)28-11(2)3)18(16)14-8-7-9-15(10-14)22(25)26;9-7-8(10-7)6-4-2-1-3-5-6/h7-11,18,21H,6H2,1-5H3;1-5H. The largest absolute Gasteiger partial charge is 0.473 e. The summed E-state index contributed by atoms with van der Waals surface area (Å²) in [5.41, 5.74) is 2.58. The van der Waals surface area contributed by atoms with E-state index < -0.39 is 22.8 Å². The van der Waals surface area contributed by atoms with Gasteiger partial charge in [-0.15, -0.1) is 0 Å². The minimum Gasteiger partial charge on any atom is -0.463 e. The van der Waals surface area contributed by atoms with E-state index in [2.05, 4.69) is 10.2 Å². The Morgan fingerprint density at radius 1 is 1.05 bits per heavy atom. The Morgan fingerprint density at radius 2 is 1.66 bits per heavy atom. The van der Waals surface area contributed by atoms with Gasteiger partial charge in [-0.2, -0.15) is 0 Å². The number of rotatable bonds is 7. The van der Waals surface area contributed by atoms with Gasteiger partial charge in [-0.05, 0) is 52.3 Å². The van der Waals surface area contributed by atoms with E-state index in [1.165, 1.54) is 23.3 Å². The van der Waals surface area contributed by atoms with Crippen molar-refractivity contribution in [1.29, 1.82) is 0 Å². The van der Waals surface area contributed by atoms with Crippen LogP contribution in [-0.2, 0) is 23.9 Å². The minimum atomic E-state index is -0.841. The highest BCUT2D eigenvalue weighted by Crippen LogP contribution is 2.40. The molecular formula is C27H29N3O8. The van der Waals surface area contributed by atoms with Crippen molar-refractivity contribution in [2.75, 3.05) is 11.7 Å². The molecule has 2 aliphatic heterocycles. The molecule has 4 rings (SSSR count). The first-order valence-corrected chi connectivity index (χ1v) is 11.9. The van der Waals surface area contributed by atoms with E-state index in [4.69, 9.17) is 9.47 Å². The maximum Gasteiger partial charge on any atom is 0.473 e. The average Bonchev–Trinajstić information content (AvgIpc) is 3.60. The van der Waals surface area contributed by atoms with Crippen molar-refractivity contribution < 1.29 is 33.6 Å². The van der Waals surface area contributed by atoms with Gasteiger partial charge in [0.1, 0.15) is 0 Å². The monoisotopic (exact) mass is 523 g/mol. The highest BCUT2D eigenvalue weighted by atomic mass is 16.9. The maximum absolute atomic E-state index is 12.8. The quantitative estimate of drug-likeness (QED) is 0.232. The number of hydrogen-bond acceptors (Lipinski definition) is 9. The van der Waals surface area contributed by atoms with Crippen LogP contribution in [-0.4, -0.2) is 35.7 Å². The molecule has 1 unspecified atom stereocenters. The first-order chi connectivity index (χ1) is 18.0. The molecule has 2 aliphatic rings. The molecule has 2 aromatic carbocycles. The van der Waals surface area contributed by atoms with Gasteiger partial charge >= 0.3 is 18.0 Å². The Labute approximate surface area is 219 Å². The average molecular weight is 524 g/mol. The SMILES string of the molecule is CCOC(=O)C1=C(C)NC(C)=C(C(=O)OC(C)C)C1c1cccc([N+](=O)[O-])c1.O=C1ON1c1ccccc1. The van der Waals surface area contributed by atoms with Crippen molar-refractivity contribution in [2.24, 2.45) is 0 Å². The van der Waals surface area contributed by atoms with Gasteiger partial charge < -0.3 is 19.6 Å². The van der Waals surface area contributed by atoms with Crippen LogP contribution in [0, 0.1) is 10.1 Å². The normalized spacial score (nSPS) is 16.2. The molecule has 2 heterocycles. The molecule has 200 valence electrons. The van der Waals surface area contributed by atoms with Crippen molar-refractivity contribution in [3.8, 4) is 0 Å². The van der Waals surface area contributed by atoms with Crippen molar-refractivity contribution >= 4 is 29.4 Å². The third-order valence-electron chi connectivity index (χ3n) is 5.53. The Morgan fingerprint density at radius 3 is 2.18 bits per heavy atom. The van der Waals surface area contributed by atoms with Gasteiger partial charge in [-0.3, -0.25) is 10.1 Å². The molecular weight excluding hydrogens is 494 g/mol. The molecule has 1 atom stereocenters. The van der Waals surface area contributed by atoms with E-state index in [0.717, 1.165) is 5.69 Å². The van der Waals surface area contributed by atoms with Gasteiger partial charge in [0, 0.05) is 23.5 Å². The van der Waals surface area contributed by atoms with Crippen molar-refractivity contribution in [2.45, 2.75) is 46.6 Å². The third kappa shape index (κ3) is 6.55. The number of allylic oxidation sites excluding steroid dienone is 2. The number of non-ortho nitro benzene ring substituents is 1. The Hall–Kier alpha value is -4.67. The van der Waals surface area contributed by atoms with Crippen molar-refractivity contribution in [3.63, 3.8) is 0 Å². The second-order valence-corrected chi connectivity index (χ2v) is 8.65. The lowest BCUT2D eigenvalue weighted by Gasteiger charge is -2.30. The predicted octanol–water partition coefficient (Wildman–Crippen LogP) is 4.90. The number of para-hydroxylation sites is 1. The summed E-state index contributed by atoms with van der Waals surface area (Å²) in [6.07, 6.45) is -0.650. The fourth-order valence-electron chi connectivity index (χ4n) is 3.95. The van der Waals surface area contributed by atoms with Gasteiger partial charge in [0.25, 0.3) is 5.69 Å². The van der Waals surface area contributed by atoms with Crippen molar-refractivity contribution in [3.05, 3.63) is 92.8 Å². The molecule has 1 N–H and O–H groups in total. The molecule has 1 amide bonds. The molecule has 0 aromatic heterocycles. The van der Waals surface area contributed by atoms with Gasteiger partial charge in [-0.25, -0.2) is 14.4 Å². The number of hydrogen-bond donors (Lipinski definition) is 1. The molecule has 2 aromatic rings. The predicted molar refractivity (Wildman–Crippen MR) is 138 cm³/mol. The highest BCUT2D eigenvalue weighted by Gasteiger charge is 2.39. The number of carbonyl (C=O) groups excluding carboxylic acids is 3. The summed E-state index contributed by atoms with van der Waals surface area (Å²) in [6.45, 7) is 8.68. The number of nitro groups is 1. The van der Waals surface area contributed by atoms with Gasteiger partial charge in [0.2, 0.25) is 0 Å². The summed E-state index contributed by atoms with van der Waals surface area (Å²) < 4.78 is 10.5. The van der Waals surface area contributed by atoms with Gasteiger partial charge in [0.05, 0.1) is 40.4 Å². The summed E-state index contributed by atoms with van der Waals surface area (Å²) in [5.74, 6) is -2.02. The van der Waals surface area contributed by atoms with Crippen LogP contribution >= 0.6 is 0 Å². The zero-order valence-electron chi connectivity index (χ0n) is 21.7. The smallest absolute Gasteiger partial charge is 0.463 e. The number of anilines is 1. The maximum atomic E-state index is 12.8. The fraction of sp³-hybridized carbons (Fsp3) is 0.296. The van der Waals surface area contributed by atoms with Crippen LogP contribution < -0.4 is 10.4 Å². The number of amides is 1. The number of nitrogens with zero attached hydrogens (tertiary/aromatic N) is 2. The fourth-order valence-corrected chi connectivity index (χ4v) is 3.95. The summed E-state index contributed by atoms with van der Waals surface area (Å²) in [4.78, 5) is 51.1. The molecule has 0 saturated carbocycles. The minimum absolute atomic E-state index is 0.133. The second kappa shape index (κ2) is 12.0. The molecule has 0 aliphatic carbocycles. The molecule has 0 bridgehead atoms. The lowest BCUT2D eigenvalue weighted by Crippen LogP contribution is -2.33. The van der Waals surface area contributed by atoms with Crippen LogP contribution in [0.5, 0.6) is 0 Å². The highest BCUT2D eigenvalue weighted by molar-refractivity contribution is 6.00. The first-order valence-electron chi connectivity index (χ1n) is 11.9. The second-order valence-electron chi connectivity index (χ2n) is 8.65.